The van der Waals surface area contributed by atoms with Crippen molar-refractivity contribution < 1.29 is 9.90 Å². The van der Waals surface area contributed by atoms with Gasteiger partial charge in [-0.05, 0) is 30.7 Å². The number of nitrogens with zero attached hydrogens (tertiary/aromatic N) is 1. The Bertz CT molecular complexity index is 477. The molecule has 20 heavy (non-hydrogen) atoms. The van der Waals surface area contributed by atoms with E-state index in [-0.39, 0.29) is 17.9 Å². The summed E-state index contributed by atoms with van der Waals surface area (Å²) < 4.78 is 0. The molecular weight excluding hydrogens is 252 g/mol. The van der Waals surface area contributed by atoms with Gasteiger partial charge in [-0.1, -0.05) is 30.3 Å². The minimum absolute atomic E-state index is 0.0236. The third-order valence-corrected chi connectivity index (χ3v) is 4.75. The second-order valence-electron chi connectivity index (χ2n) is 6.11. The van der Waals surface area contributed by atoms with E-state index in [1.54, 1.807) is 0 Å². The van der Waals surface area contributed by atoms with Crippen LogP contribution in [0.2, 0.25) is 0 Å². The van der Waals surface area contributed by atoms with E-state index in [0.717, 1.165) is 24.9 Å². The fourth-order valence-electron chi connectivity index (χ4n) is 3.61. The Morgan fingerprint density at radius 2 is 2.05 bits per heavy atom. The summed E-state index contributed by atoms with van der Waals surface area (Å²) in [6, 6.07) is 9.39. The average Bonchev–Trinajstić information content (AvgIpc) is 3.02. The monoisotopic (exact) mass is 274 g/mol. The van der Waals surface area contributed by atoms with E-state index >= 15 is 0 Å². The third kappa shape index (κ3) is 2.58. The van der Waals surface area contributed by atoms with Crippen molar-refractivity contribution in [1.29, 1.82) is 0 Å². The number of rotatable bonds is 3. The van der Waals surface area contributed by atoms with Crippen molar-refractivity contribution in [2.75, 3.05) is 13.1 Å². The van der Waals surface area contributed by atoms with Crippen LogP contribution in [0.4, 0.5) is 0 Å². The van der Waals surface area contributed by atoms with Crippen LogP contribution >= 0.6 is 0 Å². The molecule has 1 aliphatic carbocycles. The van der Waals surface area contributed by atoms with Crippen LogP contribution in [0.15, 0.2) is 30.3 Å². The zero-order chi connectivity index (χ0) is 14.1. The van der Waals surface area contributed by atoms with E-state index in [1.807, 2.05) is 35.2 Å². The first-order chi connectivity index (χ1) is 9.65. The molecular formula is C16H22N2O2. The average molecular weight is 274 g/mol. The lowest BCUT2D eigenvalue weighted by atomic mass is 10.00. The Kier molecular flexibility index (Phi) is 3.76. The lowest BCUT2D eigenvalue weighted by molar-refractivity contribution is -0.132. The summed E-state index contributed by atoms with van der Waals surface area (Å²) in [6.07, 6.45) is 2.26. The normalized spacial score (nSPS) is 30.3. The lowest BCUT2D eigenvalue weighted by Gasteiger charge is -2.22. The van der Waals surface area contributed by atoms with Crippen molar-refractivity contribution in [3.8, 4) is 0 Å². The zero-order valence-electron chi connectivity index (χ0n) is 11.6. The molecule has 0 bridgehead atoms. The molecule has 0 spiro atoms. The molecule has 1 aromatic rings. The van der Waals surface area contributed by atoms with Gasteiger partial charge in [-0.2, -0.15) is 0 Å². The van der Waals surface area contributed by atoms with Gasteiger partial charge in [-0.15, -0.1) is 0 Å². The molecule has 2 fully saturated rings. The number of aliphatic hydroxyl groups is 1. The topological polar surface area (TPSA) is 66.6 Å². The summed E-state index contributed by atoms with van der Waals surface area (Å²) >= 11 is 0. The van der Waals surface area contributed by atoms with Crippen LogP contribution in [0.3, 0.4) is 0 Å². The van der Waals surface area contributed by atoms with Crippen LogP contribution in [0.25, 0.3) is 0 Å². The number of aliphatic hydroxyl groups excluding tert-OH is 1. The van der Waals surface area contributed by atoms with Gasteiger partial charge in [0.2, 0.25) is 5.91 Å². The molecule has 1 heterocycles. The maximum absolute atomic E-state index is 12.4. The molecule has 1 aromatic carbocycles. The summed E-state index contributed by atoms with van der Waals surface area (Å²) in [5, 5.41) is 9.90. The summed E-state index contributed by atoms with van der Waals surface area (Å²) in [6.45, 7) is 1.44. The zero-order valence-corrected chi connectivity index (χ0v) is 11.6. The highest BCUT2D eigenvalue weighted by atomic mass is 16.3. The highest BCUT2D eigenvalue weighted by Gasteiger charge is 2.43. The van der Waals surface area contributed by atoms with Crippen LogP contribution in [0.5, 0.6) is 0 Å². The van der Waals surface area contributed by atoms with Gasteiger partial charge in [0, 0.05) is 19.0 Å². The lowest BCUT2D eigenvalue weighted by Crippen LogP contribution is -2.44. The number of benzene rings is 1. The molecule has 3 rings (SSSR count). The van der Waals surface area contributed by atoms with Gasteiger partial charge >= 0.3 is 0 Å². The van der Waals surface area contributed by atoms with Crippen molar-refractivity contribution in [3.63, 3.8) is 0 Å². The second-order valence-corrected chi connectivity index (χ2v) is 6.11. The molecule has 0 radical (unpaired) electrons. The number of nitrogens with two attached hydrogens (primary N) is 1. The molecule has 0 aromatic heterocycles. The maximum atomic E-state index is 12.4. The van der Waals surface area contributed by atoms with E-state index in [1.165, 1.54) is 0 Å². The van der Waals surface area contributed by atoms with Gasteiger partial charge in [-0.3, -0.25) is 4.79 Å². The fraction of sp³-hybridized carbons (Fsp3) is 0.562. The summed E-state index contributed by atoms with van der Waals surface area (Å²) in [5.74, 6) is 0.760. The van der Waals surface area contributed by atoms with E-state index in [0.29, 0.717) is 18.9 Å². The standard InChI is InChI=1S/C16H22N2O2/c17-14(8-11-4-2-1-3-5-11)16(20)18-9-12-6-7-15(19)13(12)10-18/h1-5,12-15,19H,6-10,17H2. The molecule has 3 N–H and O–H groups in total. The van der Waals surface area contributed by atoms with Gasteiger partial charge < -0.3 is 15.7 Å². The largest absolute Gasteiger partial charge is 0.393 e. The Morgan fingerprint density at radius 1 is 1.30 bits per heavy atom. The van der Waals surface area contributed by atoms with Gasteiger partial charge in [0.05, 0.1) is 12.1 Å². The number of likely N-dealkylation sites (tertiary alicyclic amines) is 1. The summed E-state index contributed by atoms with van der Waals surface area (Å²) in [7, 11) is 0. The quantitative estimate of drug-likeness (QED) is 0.856. The van der Waals surface area contributed by atoms with Crippen LogP contribution < -0.4 is 5.73 Å². The molecule has 4 nitrogen and oxygen atoms in total. The molecule has 4 heteroatoms. The Hall–Kier alpha value is -1.39. The molecule has 1 aliphatic heterocycles. The fourth-order valence-corrected chi connectivity index (χ4v) is 3.61. The first-order valence-electron chi connectivity index (χ1n) is 7.41. The van der Waals surface area contributed by atoms with Crippen molar-refractivity contribution >= 4 is 5.91 Å². The third-order valence-electron chi connectivity index (χ3n) is 4.75. The minimum atomic E-state index is -0.478. The molecule has 1 saturated carbocycles. The molecule has 4 unspecified atom stereocenters. The molecule has 2 aliphatic rings. The Labute approximate surface area is 119 Å². The second kappa shape index (κ2) is 5.54. The smallest absolute Gasteiger partial charge is 0.239 e. The summed E-state index contributed by atoms with van der Waals surface area (Å²) in [4.78, 5) is 14.3. The van der Waals surface area contributed by atoms with Gasteiger partial charge in [-0.25, -0.2) is 0 Å². The Morgan fingerprint density at radius 3 is 2.75 bits per heavy atom. The molecule has 1 amide bonds. The van der Waals surface area contributed by atoms with Crippen molar-refractivity contribution in [3.05, 3.63) is 35.9 Å². The van der Waals surface area contributed by atoms with E-state index in [4.69, 9.17) is 5.73 Å². The SMILES string of the molecule is NC(Cc1ccccc1)C(=O)N1CC2CCC(O)C2C1. The highest BCUT2D eigenvalue weighted by Crippen LogP contribution is 2.38. The number of hydrogen-bond donors (Lipinski definition) is 2. The van der Waals surface area contributed by atoms with Gasteiger partial charge in [0.15, 0.2) is 0 Å². The first-order valence-corrected chi connectivity index (χ1v) is 7.41. The van der Waals surface area contributed by atoms with E-state index in [2.05, 4.69) is 0 Å². The number of carbonyl (C=O) groups excluding carboxylic acids is 1. The predicted molar refractivity (Wildman–Crippen MR) is 76.9 cm³/mol. The Balaban J connectivity index is 1.59. The van der Waals surface area contributed by atoms with Crippen LogP contribution in [0.1, 0.15) is 18.4 Å². The summed E-state index contributed by atoms with van der Waals surface area (Å²) in [5.41, 5.74) is 7.15. The van der Waals surface area contributed by atoms with Crippen LogP contribution in [-0.4, -0.2) is 41.1 Å². The van der Waals surface area contributed by atoms with Crippen molar-refractivity contribution in [1.82, 2.24) is 4.90 Å². The first kappa shape index (κ1) is 13.6. The minimum Gasteiger partial charge on any atom is -0.393 e. The van der Waals surface area contributed by atoms with Crippen molar-refractivity contribution in [2.24, 2.45) is 17.6 Å². The number of hydrogen-bond acceptors (Lipinski definition) is 3. The number of fused-ring (bicyclic) bond motifs is 1. The maximum Gasteiger partial charge on any atom is 0.239 e. The number of amides is 1. The predicted octanol–water partition coefficient (Wildman–Crippen LogP) is 0.786. The van der Waals surface area contributed by atoms with Gasteiger partial charge in [0.25, 0.3) is 0 Å². The molecule has 4 atom stereocenters. The van der Waals surface area contributed by atoms with Crippen molar-refractivity contribution in [2.45, 2.75) is 31.4 Å². The van der Waals surface area contributed by atoms with E-state index < -0.39 is 6.04 Å². The molecule has 1 saturated heterocycles. The highest BCUT2D eigenvalue weighted by molar-refractivity contribution is 5.82. The number of carbonyl (C=O) groups is 1. The van der Waals surface area contributed by atoms with Gasteiger partial charge in [0.1, 0.15) is 0 Å². The molecule has 108 valence electrons. The van der Waals surface area contributed by atoms with Crippen LogP contribution in [-0.2, 0) is 11.2 Å². The van der Waals surface area contributed by atoms with E-state index in [9.17, 15) is 9.90 Å². The van der Waals surface area contributed by atoms with Crippen LogP contribution in [0, 0.1) is 11.8 Å².